The van der Waals surface area contributed by atoms with Crippen LogP contribution in [0, 0.1) is 40.2 Å². The van der Waals surface area contributed by atoms with Crippen LogP contribution in [0.15, 0.2) is 18.2 Å². The van der Waals surface area contributed by atoms with Gasteiger partial charge in [0, 0.05) is 32.1 Å². The molecular weight excluding hydrogens is 494 g/mol. The zero-order chi connectivity index (χ0) is 27.9. The molecule has 216 valence electrons. The minimum atomic E-state index is -0.636. The van der Waals surface area contributed by atoms with Gasteiger partial charge in [0.1, 0.15) is 11.6 Å². The summed E-state index contributed by atoms with van der Waals surface area (Å²) in [6, 6.07) is 3.63. The molecule has 0 N–H and O–H groups in total. The van der Waals surface area contributed by atoms with E-state index in [0.29, 0.717) is 36.8 Å². The molecule has 4 fully saturated rings. The first-order valence-electron chi connectivity index (χ1n) is 15.6. The SMILES string of the molecule is CCCCCCCN(C(=O)c1cc(F)ccc1F)[C@H]1CC[C@H]2[C@@H]3CC[C@H]4N(C)C(=O)CC[C@]4(C)[C@H]3CC[C@]12C. The highest BCUT2D eigenvalue weighted by molar-refractivity contribution is 5.94. The molecule has 0 radical (unpaired) electrons. The topological polar surface area (TPSA) is 40.6 Å². The smallest absolute Gasteiger partial charge is 0.257 e. The van der Waals surface area contributed by atoms with Crippen LogP contribution in [0.25, 0.3) is 0 Å². The average molecular weight is 543 g/mol. The molecule has 1 aliphatic heterocycles. The fourth-order valence-corrected chi connectivity index (χ4v) is 9.74. The largest absolute Gasteiger partial charge is 0.342 e. The van der Waals surface area contributed by atoms with E-state index < -0.39 is 11.6 Å². The van der Waals surface area contributed by atoms with Crippen LogP contribution < -0.4 is 0 Å². The summed E-state index contributed by atoms with van der Waals surface area (Å²) in [5, 5.41) is 0. The number of halogens is 2. The molecule has 1 aromatic rings. The lowest BCUT2D eigenvalue weighted by atomic mass is 9.47. The van der Waals surface area contributed by atoms with Crippen LogP contribution in [0.2, 0.25) is 0 Å². The van der Waals surface area contributed by atoms with E-state index in [0.717, 1.165) is 88.8 Å². The first-order valence-corrected chi connectivity index (χ1v) is 15.6. The van der Waals surface area contributed by atoms with E-state index in [9.17, 15) is 18.4 Å². The van der Waals surface area contributed by atoms with E-state index >= 15 is 0 Å². The third-order valence-electron chi connectivity index (χ3n) is 11.8. The highest BCUT2D eigenvalue weighted by atomic mass is 19.1. The summed E-state index contributed by atoms with van der Waals surface area (Å²) in [6.07, 6.45) is 13.4. The molecule has 1 saturated heterocycles. The molecule has 1 aromatic carbocycles. The first kappa shape index (κ1) is 28.5. The van der Waals surface area contributed by atoms with Gasteiger partial charge < -0.3 is 9.80 Å². The van der Waals surface area contributed by atoms with Crippen LogP contribution in [0.5, 0.6) is 0 Å². The molecule has 2 amide bonds. The van der Waals surface area contributed by atoms with Gasteiger partial charge in [-0.05, 0) is 98.1 Å². The van der Waals surface area contributed by atoms with Crippen molar-refractivity contribution in [1.29, 1.82) is 0 Å². The maximum atomic E-state index is 14.8. The number of fused-ring (bicyclic) bond motifs is 5. The molecule has 6 heteroatoms. The summed E-state index contributed by atoms with van der Waals surface area (Å²) in [5.74, 6) is 0.457. The second-order valence-corrected chi connectivity index (χ2v) is 13.7. The molecule has 5 rings (SSSR count). The number of amides is 2. The monoisotopic (exact) mass is 542 g/mol. The van der Waals surface area contributed by atoms with E-state index in [1.807, 2.05) is 16.8 Å². The highest BCUT2D eigenvalue weighted by Gasteiger charge is 2.62. The van der Waals surface area contributed by atoms with E-state index in [1.54, 1.807) is 0 Å². The van der Waals surface area contributed by atoms with Crippen molar-refractivity contribution in [3.63, 3.8) is 0 Å². The summed E-state index contributed by atoms with van der Waals surface area (Å²) < 4.78 is 29.0. The molecule has 4 nitrogen and oxygen atoms in total. The number of rotatable bonds is 8. The Labute approximate surface area is 233 Å². The molecule has 39 heavy (non-hydrogen) atoms. The van der Waals surface area contributed by atoms with Gasteiger partial charge >= 0.3 is 0 Å². The van der Waals surface area contributed by atoms with Gasteiger partial charge in [0.25, 0.3) is 5.91 Å². The summed E-state index contributed by atoms with van der Waals surface area (Å²) in [7, 11) is 2.00. The maximum Gasteiger partial charge on any atom is 0.257 e. The molecule has 3 saturated carbocycles. The number of likely N-dealkylation sites (tertiary alicyclic amines) is 1. The fourth-order valence-electron chi connectivity index (χ4n) is 9.74. The summed E-state index contributed by atoms with van der Waals surface area (Å²) in [6.45, 7) is 7.61. The molecule has 1 heterocycles. The van der Waals surface area contributed by atoms with Crippen LogP contribution in [0.1, 0.15) is 115 Å². The summed E-state index contributed by atoms with van der Waals surface area (Å²) in [4.78, 5) is 30.4. The predicted octanol–water partition coefficient (Wildman–Crippen LogP) is 7.61. The highest BCUT2D eigenvalue weighted by Crippen LogP contribution is 2.65. The fraction of sp³-hybridized carbons (Fsp3) is 0.758. The van der Waals surface area contributed by atoms with Gasteiger partial charge in [0.05, 0.1) is 5.56 Å². The van der Waals surface area contributed by atoms with Crippen molar-refractivity contribution in [2.75, 3.05) is 13.6 Å². The van der Waals surface area contributed by atoms with Gasteiger partial charge in [-0.25, -0.2) is 8.78 Å². The van der Waals surface area contributed by atoms with Crippen molar-refractivity contribution in [3.8, 4) is 0 Å². The number of hydrogen-bond donors (Lipinski definition) is 0. The Hall–Kier alpha value is -1.98. The molecule has 3 aliphatic carbocycles. The first-order chi connectivity index (χ1) is 18.6. The number of carbonyl (C=O) groups excluding carboxylic acids is 2. The summed E-state index contributed by atoms with van der Waals surface area (Å²) >= 11 is 0. The van der Waals surface area contributed by atoms with Gasteiger partial charge in [-0.2, -0.15) is 0 Å². The molecule has 0 unspecified atom stereocenters. The van der Waals surface area contributed by atoms with Gasteiger partial charge in [-0.15, -0.1) is 0 Å². The molecular formula is C33H48F2N2O2. The second kappa shape index (κ2) is 11.1. The normalized spacial score (nSPS) is 35.8. The Kier molecular flexibility index (Phi) is 8.14. The van der Waals surface area contributed by atoms with Crippen molar-refractivity contribution < 1.29 is 18.4 Å². The van der Waals surface area contributed by atoms with Gasteiger partial charge in [0.15, 0.2) is 0 Å². The van der Waals surface area contributed by atoms with Crippen molar-refractivity contribution in [2.45, 2.75) is 116 Å². The molecule has 4 aliphatic rings. The number of nitrogens with zero attached hydrogens (tertiary/aromatic N) is 2. The lowest BCUT2D eigenvalue weighted by Gasteiger charge is -2.62. The van der Waals surface area contributed by atoms with Crippen LogP contribution in [-0.4, -0.2) is 47.3 Å². The average Bonchev–Trinajstić information content (AvgIpc) is 3.26. The second-order valence-electron chi connectivity index (χ2n) is 13.7. The van der Waals surface area contributed by atoms with E-state index in [4.69, 9.17) is 0 Å². The van der Waals surface area contributed by atoms with Crippen LogP contribution in [0.4, 0.5) is 8.78 Å². The number of benzene rings is 1. The van der Waals surface area contributed by atoms with Crippen LogP contribution >= 0.6 is 0 Å². The van der Waals surface area contributed by atoms with Gasteiger partial charge in [-0.1, -0.05) is 46.5 Å². The van der Waals surface area contributed by atoms with E-state index in [1.165, 1.54) is 6.42 Å². The van der Waals surface area contributed by atoms with Gasteiger partial charge in [-0.3, -0.25) is 9.59 Å². The quantitative estimate of drug-likeness (QED) is 0.317. The Balaban J connectivity index is 1.40. The lowest BCUT2D eigenvalue weighted by molar-refractivity contribution is -0.158. The van der Waals surface area contributed by atoms with Gasteiger partial charge in [0.2, 0.25) is 5.91 Å². The molecule has 0 bridgehead atoms. The van der Waals surface area contributed by atoms with E-state index in [-0.39, 0.29) is 34.2 Å². The Morgan fingerprint density at radius 3 is 2.49 bits per heavy atom. The third kappa shape index (κ3) is 4.92. The number of piperidine rings is 1. The zero-order valence-corrected chi connectivity index (χ0v) is 24.5. The maximum absolute atomic E-state index is 14.8. The van der Waals surface area contributed by atoms with Crippen molar-refractivity contribution in [1.82, 2.24) is 9.80 Å². The number of hydrogen-bond acceptors (Lipinski definition) is 2. The molecule has 7 atom stereocenters. The Morgan fingerprint density at radius 2 is 1.72 bits per heavy atom. The van der Waals surface area contributed by atoms with E-state index in [2.05, 4.69) is 20.8 Å². The Morgan fingerprint density at radius 1 is 0.974 bits per heavy atom. The minimum Gasteiger partial charge on any atom is -0.342 e. The minimum absolute atomic E-state index is 0.0242. The lowest BCUT2D eigenvalue weighted by Crippen LogP contribution is -2.62. The standard InChI is InChI=1S/C33H48F2N2O2/c1-5-6-7-8-9-20-37(31(39)24-21-22(34)10-13-27(24)35)29-15-12-25-23-11-14-28-32(2,19-17-30(38)36(28)4)26(23)16-18-33(25,29)3/h10,13,21,23,25-26,28-29H,5-9,11-12,14-20H2,1-4H3/t23-,25-,26-,28+,29-,32+,33-/m0/s1. The van der Waals surface area contributed by atoms with Crippen molar-refractivity contribution in [3.05, 3.63) is 35.4 Å². The predicted molar refractivity (Wildman–Crippen MR) is 150 cm³/mol. The zero-order valence-electron chi connectivity index (χ0n) is 24.5. The third-order valence-corrected chi connectivity index (χ3v) is 11.8. The van der Waals surface area contributed by atoms with Crippen molar-refractivity contribution >= 4 is 11.8 Å². The number of carbonyl (C=O) groups is 2. The van der Waals surface area contributed by atoms with Crippen molar-refractivity contribution in [2.24, 2.45) is 28.6 Å². The van der Waals surface area contributed by atoms with Crippen LogP contribution in [0.3, 0.4) is 0 Å². The number of unbranched alkanes of at least 4 members (excludes halogenated alkanes) is 4. The Bertz CT molecular complexity index is 1080. The molecule has 0 aromatic heterocycles. The molecule has 0 spiro atoms. The van der Waals surface area contributed by atoms with Crippen LogP contribution in [-0.2, 0) is 4.79 Å². The summed E-state index contributed by atoms with van der Waals surface area (Å²) in [5.41, 5.74) is 0.000838.